The van der Waals surface area contributed by atoms with Crippen LogP contribution < -0.4 is 4.74 Å². The summed E-state index contributed by atoms with van der Waals surface area (Å²) in [5, 5.41) is 8.71. The van der Waals surface area contributed by atoms with E-state index in [1.807, 2.05) is 13.0 Å². The molecule has 0 N–H and O–H groups in total. The van der Waals surface area contributed by atoms with Gasteiger partial charge in [-0.05, 0) is 43.3 Å². The topological polar surface area (TPSA) is 59.3 Å². The van der Waals surface area contributed by atoms with Crippen molar-refractivity contribution in [1.29, 1.82) is 5.26 Å². The second kappa shape index (κ2) is 9.64. The smallest absolute Gasteiger partial charge is 0.306 e. The Balaban J connectivity index is 1.57. The molecule has 0 aromatic heterocycles. The third-order valence-corrected chi connectivity index (χ3v) is 4.21. The van der Waals surface area contributed by atoms with E-state index in [0.29, 0.717) is 30.1 Å². The number of nitriles is 1. The molecule has 0 aliphatic heterocycles. The molecule has 0 saturated carbocycles. The summed E-state index contributed by atoms with van der Waals surface area (Å²) in [5.74, 6) is 1.12. The minimum Gasteiger partial charge on any atom is -0.490 e. The summed E-state index contributed by atoms with van der Waals surface area (Å²) < 4.78 is 10.6. The molecule has 0 heterocycles. The fourth-order valence-corrected chi connectivity index (χ4v) is 2.73. The van der Waals surface area contributed by atoms with Gasteiger partial charge in [0.05, 0.1) is 18.1 Å². The van der Waals surface area contributed by atoms with Crippen molar-refractivity contribution in [3.05, 3.63) is 59.7 Å². The molecular weight excluding hydrogens is 322 g/mol. The van der Waals surface area contributed by atoms with E-state index in [4.69, 9.17) is 14.7 Å². The number of hydrogen-bond acceptors (Lipinski definition) is 5. The summed E-state index contributed by atoms with van der Waals surface area (Å²) >= 11 is 1.64. The molecule has 2 aromatic carbocycles. The van der Waals surface area contributed by atoms with E-state index < -0.39 is 0 Å². The van der Waals surface area contributed by atoms with Gasteiger partial charge in [0.15, 0.2) is 0 Å². The first kappa shape index (κ1) is 17.9. The molecule has 0 aliphatic carbocycles. The number of hydrogen-bond donors (Lipinski definition) is 0. The predicted octanol–water partition coefficient (Wildman–Crippen LogP) is 3.97. The summed E-state index contributed by atoms with van der Waals surface area (Å²) in [4.78, 5) is 12.8. The lowest BCUT2D eigenvalue weighted by molar-refractivity contribution is -0.143. The lowest BCUT2D eigenvalue weighted by Gasteiger charge is -2.07. The number of aryl methyl sites for hydroxylation is 1. The highest BCUT2D eigenvalue weighted by Gasteiger charge is 2.04. The summed E-state index contributed by atoms with van der Waals surface area (Å²) in [6.07, 6.45) is 0.370. The minimum absolute atomic E-state index is 0.216. The van der Waals surface area contributed by atoms with Gasteiger partial charge in [0, 0.05) is 10.6 Å². The van der Waals surface area contributed by atoms with Crippen LogP contribution in [-0.2, 0) is 9.53 Å². The molecule has 0 amide bonds. The zero-order valence-corrected chi connectivity index (χ0v) is 14.3. The van der Waals surface area contributed by atoms with Gasteiger partial charge < -0.3 is 9.47 Å². The third-order valence-electron chi connectivity index (χ3n) is 3.19. The van der Waals surface area contributed by atoms with E-state index in [2.05, 4.69) is 24.3 Å². The first-order valence-electron chi connectivity index (χ1n) is 7.65. The Morgan fingerprint density at radius 1 is 1.08 bits per heavy atom. The van der Waals surface area contributed by atoms with Gasteiger partial charge in [-0.25, -0.2) is 0 Å². The normalized spacial score (nSPS) is 10.0. The zero-order chi connectivity index (χ0) is 17.2. The molecule has 0 spiro atoms. The van der Waals surface area contributed by atoms with Crippen molar-refractivity contribution in [1.82, 2.24) is 0 Å². The van der Waals surface area contributed by atoms with Crippen molar-refractivity contribution < 1.29 is 14.3 Å². The molecule has 2 aromatic rings. The van der Waals surface area contributed by atoms with Crippen LogP contribution in [0.3, 0.4) is 0 Å². The van der Waals surface area contributed by atoms with E-state index in [1.54, 1.807) is 36.0 Å². The second-order valence-corrected chi connectivity index (χ2v) is 6.28. The van der Waals surface area contributed by atoms with Crippen LogP contribution in [0.1, 0.15) is 17.5 Å². The highest BCUT2D eigenvalue weighted by Crippen LogP contribution is 2.19. The molecule has 0 aliphatic rings. The SMILES string of the molecule is Cc1ccc(SCCC(=O)OCCOc2ccc(C#N)cc2)cc1. The number of carbonyl (C=O) groups excluding carboxylic acids is 1. The molecule has 4 nitrogen and oxygen atoms in total. The average Bonchev–Trinajstić information content (AvgIpc) is 2.61. The quantitative estimate of drug-likeness (QED) is 0.413. The van der Waals surface area contributed by atoms with Crippen LogP contribution in [0, 0.1) is 18.3 Å². The Hall–Kier alpha value is -2.45. The second-order valence-electron chi connectivity index (χ2n) is 5.12. The van der Waals surface area contributed by atoms with Crippen molar-refractivity contribution in [2.75, 3.05) is 19.0 Å². The maximum atomic E-state index is 11.7. The van der Waals surface area contributed by atoms with Gasteiger partial charge in [-0.1, -0.05) is 17.7 Å². The van der Waals surface area contributed by atoms with E-state index >= 15 is 0 Å². The van der Waals surface area contributed by atoms with Crippen LogP contribution in [-0.4, -0.2) is 24.9 Å². The summed E-state index contributed by atoms with van der Waals surface area (Å²) in [7, 11) is 0. The number of esters is 1. The molecule has 0 fully saturated rings. The summed E-state index contributed by atoms with van der Waals surface area (Å²) in [6.45, 7) is 2.56. The van der Waals surface area contributed by atoms with Gasteiger partial charge in [-0.3, -0.25) is 4.79 Å². The van der Waals surface area contributed by atoms with Gasteiger partial charge in [0.1, 0.15) is 19.0 Å². The molecule has 0 atom stereocenters. The molecule has 0 unspecified atom stereocenters. The highest BCUT2D eigenvalue weighted by molar-refractivity contribution is 7.99. The van der Waals surface area contributed by atoms with Gasteiger partial charge >= 0.3 is 5.97 Å². The first-order valence-corrected chi connectivity index (χ1v) is 8.64. The lowest BCUT2D eigenvalue weighted by Crippen LogP contribution is -2.12. The van der Waals surface area contributed by atoms with E-state index in [9.17, 15) is 4.79 Å². The van der Waals surface area contributed by atoms with E-state index in [-0.39, 0.29) is 12.6 Å². The Kier molecular flexibility index (Phi) is 7.19. The Morgan fingerprint density at radius 3 is 2.46 bits per heavy atom. The molecule has 0 bridgehead atoms. The highest BCUT2D eigenvalue weighted by atomic mass is 32.2. The lowest BCUT2D eigenvalue weighted by atomic mass is 10.2. The average molecular weight is 341 g/mol. The fraction of sp³-hybridized carbons (Fsp3) is 0.263. The first-order chi connectivity index (χ1) is 11.7. The van der Waals surface area contributed by atoms with Crippen molar-refractivity contribution in [3.63, 3.8) is 0 Å². The largest absolute Gasteiger partial charge is 0.490 e. The third kappa shape index (κ3) is 6.35. The number of benzene rings is 2. The molecule has 0 radical (unpaired) electrons. The van der Waals surface area contributed by atoms with Crippen LogP contribution >= 0.6 is 11.8 Å². The Labute approximate surface area is 146 Å². The molecule has 0 saturated heterocycles. The Bertz CT molecular complexity index is 690. The number of ether oxygens (including phenoxy) is 2. The van der Waals surface area contributed by atoms with Crippen molar-refractivity contribution >= 4 is 17.7 Å². The van der Waals surface area contributed by atoms with Gasteiger partial charge in [-0.15, -0.1) is 11.8 Å². The van der Waals surface area contributed by atoms with Crippen LogP contribution in [0.5, 0.6) is 5.75 Å². The zero-order valence-electron chi connectivity index (χ0n) is 13.5. The number of rotatable bonds is 8. The van der Waals surface area contributed by atoms with Gasteiger partial charge in [0.2, 0.25) is 0 Å². The molecule has 2 rings (SSSR count). The Morgan fingerprint density at radius 2 is 1.79 bits per heavy atom. The fourth-order valence-electron chi connectivity index (χ4n) is 1.90. The van der Waals surface area contributed by atoms with E-state index in [1.165, 1.54) is 5.56 Å². The van der Waals surface area contributed by atoms with Crippen molar-refractivity contribution in [2.24, 2.45) is 0 Å². The number of carbonyl (C=O) groups is 1. The number of nitrogens with zero attached hydrogens (tertiary/aromatic N) is 1. The van der Waals surface area contributed by atoms with Crippen LogP contribution in [0.15, 0.2) is 53.4 Å². The minimum atomic E-state index is -0.224. The predicted molar refractivity (Wildman–Crippen MR) is 94.1 cm³/mol. The van der Waals surface area contributed by atoms with Crippen LogP contribution in [0.2, 0.25) is 0 Å². The summed E-state index contributed by atoms with van der Waals surface area (Å²) in [5.41, 5.74) is 1.81. The number of thioether (sulfide) groups is 1. The van der Waals surface area contributed by atoms with E-state index in [0.717, 1.165) is 4.90 Å². The maximum Gasteiger partial charge on any atom is 0.306 e. The maximum absolute atomic E-state index is 11.7. The van der Waals surface area contributed by atoms with Gasteiger partial charge in [0.25, 0.3) is 0 Å². The molecular formula is C19H19NO3S. The molecule has 24 heavy (non-hydrogen) atoms. The summed E-state index contributed by atoms with van der Waals surface area (Å²) in [6, 6.07) is 17.1. The van der Waals surface area contributed by atoms with Crippen molar-refractivity contribution in [3.8, 4) is 11.8 Å². The van der Waals surface area contributed by atoms with Gasteiger partial charge in [-0.2, -0.15) is 5.26 Å². The molecule has 5 heteroatoms. The molecule has 124 valence electrons. The van der Waals surface area contributed by atoms with Crippen LogP contribution in [0.25, 0.3) is 0 Å². The monoisotopic (exact) mass is 341 g/mol. The van der Waals surface area contributed by atoms with Crippen LogP contribution in [0.4, 0.5) is 0 Å². The van der Waals surface area contributed by atoms with Crippen molar-refractivity contribution in [2.45, 2.75) is 18.2 Å². The standard InChI is InChI=1S/C19H19NO3S/c1-15-2-8-18(9-3-15)24-13-10-19(21)23-12-11-22-17-6-4-16(14-20)5-7-17/h2-9H,10-13H2,1H3.